The molecule has 3 heterocycles. The van der Waals surface area contributed by atoms with E-state index in [4.69, 9.17) is 0 Å². The van der Waals surface area contributed by atoms with Gasteiger partial charge < -0.3 is 15.1 Å². The molecule has 0 radical (unpaired) electrons. The summed E-state index contributed by atoms with van der Waals surface area (Å²) in [6, 6.07) is 5.09. The van der Waals surface area contributed by atoms with E-state index in [2.05, 4.69) is 10.2 Å². The fourth-order valence-corrected chi connectivity index (χ4v) is 7.12. The zero-order chi connectivity index (χ0) is 24.3. The molecule has 9 heteroatoms. The average molecular weight is 491 g/mol. The van der Waals surface area contributed by atoms with E-state index < -0.39 is 10.0 Å². The molecule has 1 aromatic rings. The number of rotatable bonds is 6. The maximum Gasteiger partial charge on any atom is 0.243 e. The average Bonchev–Trinajstić information content (AvgIpc) is 2.95. The third kappa shape index (κ3) is 5.47. The molecular weight excluding hydrogens is 452 g/mol. The van der Waals surface area contributed by atoms with Gasteiger partial charge >= 0.3 is 0 Å². The quantitative estimate of drug-likeness (QED) is 0.661. The lowest BCUT2D eigenvalue weighted by atomic mass is 9.97. The summed E-state index contributed by atoms with van der Waals surface area (Å²) in [6.07, 6.45) is 6.79. The lowest BCUT2D eigenvalue weighted by Crippen LogP contribution is -2.44. The molecular formula is C25H38N4O4S. The Kier molecular flexibility index (Phi) is 7.94. The van der Waals surface area contributed by atoms with Crippen molar-refractivity contribution < 1.29 is 18.0 Å². The van der Waals surface area contributed by atoms with E-state index >= 15 is 0 Å². The highest BCUT2D eigenvalue weighted by atomic mass is 32.2. The third-order valence-corrected chi connectivity index (χ3v) is 9.39. The molecule has 1 N–H and O–H groups in total. The number of sulfonamides is 1. The first-order valence-electron chi connectivity index (χ1n) is 12.7. The number of piperidine rings is 1. The van der Waals surface area contributed by atoms with Gasteiger partial charge in [-0.15, -0.1) is 0 Å². The maximum absolute atomic E-state index is 13.3. The Hall–Kier alpha value is -1.97. The smallest absolute Gasteiger partial charge is 0.243 e. The van der Waals surface area contributed by atoms with Gasteiger partial charge in [0.25, 0.3) is 0 Å². The van der Waals surface area contributed by atoms with Crippen molar-refractivity contribution >= 4 is 27.5 Å². The van der Waals surface area contributed by atoms with E-state index in [0.29, 0.717) is 38.9 Å². The number of likely N-dealkylation sites (tertiary alicyclic amines) is 1. The number of amides is 2. The first-order valence-corrected chi connectivity index (χ1v) is 14.1. The number of nitrogens with zero attached hydrogens (tertiary/aromatic N) is 3. The molecule has 188 valence electrons. The van der Waals surface area contributed by atoms with E-state index in [1.165, 1.54) is 36.9 Å². The first-order chi connectivity index (χ1) is 16.3. The second kappa shape index (κ2) is 10.7. The van der Waals surface area contributed by atoms with Crippen molar-refractivity contribution in [2.75, 3.05) is 44.2 Å². The molecule has 3 aliphatic heterocycles. The van der Waals surface area contributed by atoms with E-state index in [0.717, 1.165) is 30.9 Å². The number of carbonyl (C=O) groups is 2. The predicted molar refractivity (Wildman–Crippen MR) is 132 cm³/mol. The summed E-state index contributed by atoms with van der Waals surface area (Å²) >= 11 is 0. The molecule has 2 saturated heterocycles. The van der Waals surface area contributed by atoms with Crippen LogP contribution in [0.15, 0.2) is 23.1 Å². The zero-order valence-electron chi connectivity index (χ0n) is 20.5. The van der Waals surface area contributed by atoms with E-state index in [-0.39, 0.29) is 28.7 Å². The van der Waals surface area contributed by atoms with Crippen molar-refractivity contribution in [2.24, 2.45) is 5.92 Å². The lowest BCUT2D eigenvalue weighted by molar-refractivity contribution is -0.126. The van der Waals surface area contributed by atoms with Gasteiger partial charge in [-0.3, -0.25) is 9.59 Å². The van der Waals surface area contributed by atoms with Gasteiger partial charge in [0.1, 0.15) is 0 Å². The van der Waals surface area contributed by atoms with Crippen LogP contribution in [-0.2, 0) is 26.0 Å². The summed E-state index contributed by atoms with van der Waals surface area (Å²) in [6.45, 7) is 7.96. The second-order valence-corrected chi connectivity index (χ2v) is 11.9. The second-order valence-electron chi connectivity index (χ2n) is 9.96. The fourth-order valence-electron chi connectivity index (χ4n) is 5.60. The number of benzene rings is 1. The Morgan fingerprint density at radius 2 is 1.71 bits per heavy atom. The van der Waals surface area contributed by atoms with Crippen LogP contribution < -0.4 is 10.2 Å². The van der Waals surface area contributed by atoms with Gasteiger partial charge in [-0.25, -0.2) is 8.42 Å². The SMILES string of the molecule is CC(=O)N1c2ccc(S(=O)(=O)N3CCC(C(=O)NCCN4CCCCCC4)CC3)cc2C[C@H]1C. The van der Waals surface area contributed by atoms with Crippen molar-refractivity contribution in [1.82, 2.24) is 14.5 Å². The Morgan fingerprint density at radius 3 is 2.35 bits per heavy atom. The highest BCUT2D eigenvalue weighted by molar-refractivity contribution is 7.89. The van der Waals surface area contributed by atoms with Gasteiger partial charge in [0.15, 0.2) is 0 Å². The van der Waals surface area contributed by atoms with Crippen molar-refractivity contribution in [3.8, 4) is 0 Å². The van der Waals surface area contributed by atoms with Gasteiger partial charge in [-0.1, -0.05) is 12.8 Å². The minimum Gasteiger partial charge on any atom is -0.355 e. The van der Waals surface area contributed by atoms with Crippen LogP contribution in [0, 0.1) is 5.92 Å². The van der Waals surface area contributed by atoms with E-state index in [9.17, 15) is 18.0 Å². The standard InChI is InChI=1S/C25H38N4O4S/c1-19-17-22-18-23(7-8-24(22)29(19)20(2)30)34(32,33)28-14-9-21(10-15-28)25(31)26-11-16-27-12-5-3-4-6-13-27/h7-8,18-19,21H,3-6,9-17H2,1-2H3,(H,26,31)/t19-/m1/s1. The molecule has 0 aromatic heterocycles. The molecule has 4 rings (SSSR count). The van der Waals surface area contributed by atoms with Crippen molar-refractivity contribution in [2.45, 2.75) is 69.7 Å². The normalized spacial score (nSPS) is 22.9. The summed E-state index contributed by atoms with van der Waals surface area (Å²) in [5.41, 5.74) is 1.69. The molecule has 1 aromatic carbocycles. The molecule has 0 spiro atoms. The van der Waals surface area contributed by atoms with Crippen molar-refractivity contribution in [3.05, 3.63) is 23.8 Å². The summed E-state index contributed by atoms with van der Waals surface area (Å²) in [4.78, 5) is 29.0. The van der Waals surface area contributed by atoms with Crippen LogP contribution in [0.1, 0.15) is 57.9 Å². The Morgan fingerprint density at radius 1 is 1.03 bits per heavy atom. The fraction of sp³-hybridized carbons (Fsp3) is 0.680. The molecule has 0 bridgehead atoms. The number of fused-ring (bicyclic) bond motifs is 1. The molecule has 3 aliphatic rings. The number of anilines is 1. The molecule has 2 fully saturated rings. The van der Waals surface area contributed by atoms with Crippen molar-refractivity contribution in [1.29, 1.82) is 0 Å². The van der Waals surface area contributed by atoms with Crippen LogP contribution in [0.4, 0.5) is 5.69 Å². The Bertz CT molecular complexity index is 996. The van der Waals surface area contributed by atoms with Gasteiger partial charge in [0, 0.05) is 50.7 Å². The van der Waals surface area contributed by atoms with Crippen LogP contribution in [0.5, 0.6) is 0 Å². The summed E-state index contributed by atoms with van der Waals surface area (Å²) < 4.78 is 28.0. The summed E-state index contributed by atoms with van der Waals surface area (Å²) in [7, 11) is -3.63. The monoisotopic (exact) mass is 490 g/mol. The third-order valence-electron chi connectivity index (χ3n) is 7.49. The van der Waals surface area contributed by atoms with Gasteiger partial charge in [-0.2, -0.15) is 4.31 Å². The number of hydrogen-bond acceptors (Lipinski definition) is 5. The minimum atomic E-state index is -3.63. The van der Waals surface area contributed by atoms with Crippen molar-refractivity contribution in [3.63, 3.8) is 0 Å². The van der Waals surface area contributed by atoms with Crippen LogP contribution in [-0.4, -0.2) is 74.7 Å². The first kappa shape index (κ1) is 25.1. The molecule has 34 heavy (non-hydrogen) atoms. The molecule has 8 nitrogen and oxygen atoms in total. The summed E-state index contributed by atoms with van der Waals surface area (Å²) in [5.74, 6) is -0.128. The minimum absolute atomic E-state index is 0.0269. The number of nitrogens with one attached hydrogen (secondary N) is 1. The van der Waals surface area contributed by atoms with Gasteiger partial charge in [-0.05, 0) is 75.9 Å². The van der Waals surface area contributed by atoms with Crippen LogP contribution in [0.2, 0.25) is 0 Å². The number of hydrogen-bond donors (Lipinski definition) is 1. The van der Waals surface area contributed by atoms with Crippen LogP contribution in [0.25, 0.3) is 0 Å². The molecule has 1 atom stereocenters. The molecule has 0 unspecified atom stereocenters. The molecule has 2 amide bonds. The van der Waals surface area contributed by atoms with Gasteiger partial charge in [0.05, 0.1) is 4.90 Å². The largest absolute Gasteiger partial charge is 0.355 e. The Balaban J connectivity index is 1.30. The Labute approximate surface area is 203 Å². The number of carbonyl (C=O) groups excluding carboxylic acids is 2. The van der Waals surface area contributed by atoms with E-state index in [1.807, 2.05) is 6.92 Å². The molecule has 0 aliphatic carbocycles. The summed E-state index contributed by atoms with van der Waals surface area (Å²) in [5, 5.41) is 3.07. The molecule has 0 saturated carbocycles. The topological polar surface area (TPSA) is 90.0 Å². The van der Waals surface area contributed by atoms with Gasteiger partial charge in [0.2, 0.25) is 21.8 Å². The van der Waals surface area contributed by atoms with Crippen LogP contribution in [0.3, 0.4) is 0 Å². The highest BCUT2D eigenvalue weighted by Gasteiger charge is 2.34. The van der Waals surface area contributed by atoms with E-state index in [1.54, 1.807) is 23.1 Å². The zero-order valence-corrected chi connectivity index (χ0v) is 21.3. The lowest BCUT2D eigenvalue weighted by Gasteiger charge is -2.31. The highest BCUT2D eigenvalue weighted by Crippen LogP contribution is 2.35. The van der Waals surface area contributed by atoms with Crippen LogP contribution >= 0.6 is 0 Å². The predicted octanol–water partition coefficient (Wildman–Crippen LogP) is 2.38. The maximum atomic E-state index is 13.3.